The molecule has 4 atom stereocenters. The molecular formula is C14H19FN2O. The SMILES string of the molecule is NC1CC2CC(O)C(C1)N2Cc1ccc(F)cc1. The van der Waals surface area contributed by atoms with Crippen molar-refractivity contribution in [1.82, 2.24) is 4.90 Å². The summed E-state index contributed by atoms with van der Waals surface area (Å²) >= 11 is 0. The molecule has 2 aliphatic heterocycles. The first-order chi connectivity index (χ1) is 8.63. The standard InChI is InChI=1S/C14H19FN2O/c15-10-3-1-9(2-4-10)8-17-12-5-11(16)6-13(17)14(18)7-12/h1-4,11-14,18H,5-8,16H2. The summed E-state index contributed by atoms with van der Waals surface area (Å²) in [7, 11) is 0. The largest absolute Gasteiger partial charge is 0.391 e. The normalized spacial score (nSPS) is 35.9. The van der Waals surface area contributed by atoms with Gasteiger partial charge < -0.3 is 10.8 Å². The summed E-state index contributed by atoms with van der Waals surface area (Å²) in [4.78, 5) is 2.33. The van der Waals surface area contributed by atoms with Crippen molar-refractivity contribution in [2.75, 3.05) is 0 Å². The van der Waals surface area contributed by atoms with Crippen LogP contribution in [0, 0.1) is 5.82 Å². The number of benzene rings is 1. The van der Waals surface area contributed by atoms with E-state index in [1.54, 1.807) is 0 Å². The van der Waals surface area contributed by atoms with Gasteiger partial charge in [0.25, 0.3) is 0 Å². The Morgan fingerprint density at radius 2 is 1.94 bits per heavy atom. The van der Waals surface area contributed by atoms with Crippen molar-refractivity contribution in [3.8, 4) is 0 Å². The topological polar surface area (TPSA) is 49.5 Å². The van der Waals surface area contributed by atoms with E-state index < -0.39 is 0 Å². The van der Waals surface area contributed by atoms with E-state index in [-0.39, 0.29) is 24.0 Å². The van der Waals surface area contributed by atoms with Crippen molar-refractivity contribution in [2.45, 2.75) is 50.0 Å². The van der Waals surface area contributed by atoms with E-state index in [2.05, 4.69) is 4.90 Å². The Balaban J connectivity index is 1.75. The van der Waals surface area contributed by atoms with Gasteiger partial charge in [0, 0.05) is 24.7 Å². The molecule has 3 nitrogen and oxygen atoms in total. The van der Waals surface area contributed by atoms with Crippen LogP contribution < -0.4 is 5.73 Å². The number of aliphatic hydroxyl groups excluding tert-OH is 1. The molecule has 3 N–H and O–H groups in total. The first kappa shape index (κ1) is 12.1. The fourth-order valence-electron chi connectivity index (χ4n) is 3.39. The highest BCUT2D eigenvalue weighted by Crippen LogP contribution is 2.36. The molecule has 2 bridgehead atoms. The number of rotatable bonds is 2. The molecule has 3 rings (SSSR count). The first-order valence-corrected chi connectivity index (χ1v) is 6.57. The number of hydrogen-bond acceptors (Lipinski definition) is 3. The van der Waals surface area contributed by atoms with Gasteiger partial charge in [0.2, 0.25) is 0 Å². The monoisotopic (exact) mass is 250 g/mol. The molecule has 4 heteroatoms. The van der Waals surface area contributed by atoms with Gasteiger partial charge in [-0.15, -0.1) is 0 Å². The van der Waals surface area contributed by atoms with Gasteiger partial charge in [-0.1, -0.05) is 12.1 Å². The Labute approximate surface area is 106 Å². The maximum atomic E-state index is 12.9. The predicted octanol–water partition coefficient (Wildman–Crippen LogP) is 1.25. The van der Waals surface area contributed by atoms with E-state index in [1.165, 1.54) is 12.1 Å². The molecule has 0 spiro atoms. The first-order valence-electron chi connectivity index (χ1n) is 6.57. The van der Waals surface area contributed by atoms with E-state index in [4.69, 9.17) is 5.73 Å². The molecule has 2 saturated heterocycles. The zero-order chi connectivity index (χ0) is 12.7. The second-order valence-corrected chi connectivity index (χ2v) is 5.55. The van der Waals surface area contributed by atoms with Crippen LogP contribution in [-0.2, 0) is 6.54 Å². The smallest absolute Gasteiger partial charge is 0.123 e. The van der Waals surface area contributed by atoms with E-state index in [0.717, 1.165) is 31.4 Å². The highest BCUT2D eigenvalue weighted by molar-refractivity contribution is 5.17. The molecule has 2 aliphatic rings. The molecule has 0 saturated carbocycles. The van der Waals surface area contributed by atoms with Gasteiger partial charge in [-0.25, -0.2) is 4.39 Å². The van der Waals surface area contributed by atoms with Crippen LogP contribution in [0.2, 0.25) is 0 Å². The minimum atomic E-state index is -0.260. The fourth-order valence-corrected chi connectivity index (χ4v) is 3.39. The molecule has 2 fully saturated rings. The highest BCUT2D eigenvalue weighted by atomic mass is 19.1. The third-order valence-corrected chi connectivity index (χ3v) is 4.25. The third kappa shape index (κ3) is 2.16. The van der Waals surface area contributed by atoms with Crippen molar-refractivity contribution in [1.29, 1.82) is 0 Å². The van der Waals surface area contributed by atoms with Crippen molar-refractivity contribution < 1.29 is 9.50 Å². The summed E-state index contributed by atoms with van der Waals surface area (Å²) in [6.07, 6.45) is 2.37. The Morgan fingerprint density at radius 3 is 2.61 bits per heavy atom. The number of nitrogens with zero attached hydrogens (tertiary/aromatic N) is 1. The number of aliphatic hydroxyl groups is 1. The summed E-state index contributed by atoms with van der Waals surface area (Å²) in [5.74, 6) is -0.206. The number of fused-ring (bicyclic) bond motifs is 2. The molecule has 0 aliphatic carbocycles. The minimum Gasteiger partial charge on any atom is -0.391 e. The van der Waals surface area contributed by atoms with Crippen LogP contribution in [0.3, 0.4) is 0 Å². The second-order valence-electron chi connectivity index (χ2n) is 5.55. The van der Waals surface area contributed by atoms with Crippen molar-refractivity contribution in [2.24, 2.45) is 5.73 Å². The maximum absolute atomic E-state index is 12.9. The molecule has 98 valence electrons. The Morgan fingerprint density at radius 1 is 1.22 bits per heavy atom. The minimum absolute atomic E-state index is 0.170. The molecule has 1 aromatic carbocycles. The van der Waals surface area contributed by atoms with Crippen LogP contribution in [-0.4, -0.2) is 34.2 Å². The average Bonchev–Trinajstić information content (AvgIpc) is 2.52. The molecule has 0 aromatic heterocycles. The van der Waals surface area contributed by atoms with Crippen LogP contribution in [0.1, 0.15) is 24.8 Å². The lowest BCUT2D eigenvalue weighted by Crippen LogP contribution is -2.48. The molecule has 18 heavy (non-hydrogen) atoms. The lowest BCUT2D eigenvalue weighted by molar-refractivity contribution is 0.0709. The molecule has 1 aromatic rings. The van der Waals surface area contributed by atoms with Crippen LogP contribution in [0.15, 0.2) is 24.3 Å². The zero-order valence-corrected chi connectivity index (χ0v) is 10.3. The highest BCUT2D eigenvalue weighted by Gasteiger charge is 2.44. The van der Waals surface area contributed by atoms with Crippen LogP contribution in [0.4, 0.5) is 4.39 Å². The van der Waals surface area contributed by atoms with Gasteiger partial charge in [0.15, 0.2) is 0 Å². The summed E-state index contributed by atoms with van der Waals surface area (Å²) in [6, 6.07) is 7.36. The molecule has 0 amide bonds. The van der Waals surface area contributed by atoms with E-state index in [0.29, 0.717) is 6.04 Å². The Kier molecular flexibility index (Phi) is 3.09. The van der Waals surface area contributed by atoms with E-state index >= 15 is 0 Å². The fraction of sp³-hybridized carbons (Fsp3) is 0.571. The van der Waals surface area contributed by atoms with Gasteiger partial charge in [0.05, 0.1) is 6.10 Å². The quantitative estimate of drug-likeness (QED) is 0.830. The predicted molar refractivity (Wildman–Crippen MR) is 67.4 cm³/mol. The molecule has 2 heterocycles. The lowest BCUT2D eigenvalue weighted by atomic mass is 9.97. The second kappa shape index (κ2) is 4.61. The van der Waals surface area contributed by atoms with Gasteiger partial charge in [-0.2, -0.15) is 0 Å². The summed E-state index contributed by atoms with van der Waals surface area (Å²) in [5, 5.41) is 10.1. The number of hydrogen-bond donors (Lipinski definition) is 2. The van der Waals surface area contributed by atoms with Crippen LogP contribution >= 0.6 is 0 Å². The number of halogens is 1. The van der Waals surface area contributed by atoms with Gasteiger partial charge in [-0.05, 0) is 37.0 Å². The van der Waals surface area contributed by atoms with Crippen molar-refractivity contribution in [3.05, 3.63) is 35.6 Å². The lowest BCUT2D eigenvalue weighted by Gasteiger charge is -2.37. The molecular weight excluding hydrogens is 231 g/mol. The Hall–Kier alpha value is -0.970. The van der Waals surface area contributed by atoms with E-state index in [1.807, 2.05) is 12.1 Å². The summed E-state index contributed by atoms with van der Waals surface area (Å²) < 4.78 is 12.9. The van der Waals surface area contributed by atoms with Gasteiger partial charge in [-0.3, -0.25) is 4.90 Å². The Bertz CT molecular complexity index is 420. The summed E-state index contributed by atoms with van der Waals surface area (Å²) in [6.45, 7) is 0.777. The van der Waals surface area contributed by atoms with Crippen molar-refractivity contribution in [3.63, 3.8) is 0 Å². The van der Waals surface area contributed by atoms with E-state index in [9.17, 15) is 9.50 Å². The summed E-state index contributed by atoms with van der Waals surface area (Å²) in [5.41, 5.74) is 7.10. The van der Waals surface area contributed by atoms with Gasteiger partial charge >= 0.3 is 0 Å². The van der Waals surface area contributed by atoms with Crippen molar-refractivity contribution >= 4 is 0 Å². The molecule has 0 radical (unpaired) electrons. The van der Waals surface area contributed by atoms with Gasteiger partial charge in [0.1, 0.15) is 5.82 Å². The maximum Gasteiger partial charge on any atom is 0.123 e. The van der Waals surface area contributed by atoms with Crippen LogP contribution in [0.5, 0.6) is 0 Å². The van der Waals surface area contributed by atoms with Crippen LogP contribution in [0.25, 0.3) is 0 Å². The zero-order valence-electron chi connectivity index (χ0n) is 10.3. The third-order valence-electron chi connectivity index (χ3n) is 4.25. The number of nitrogens with two attached hydrogens (primary N) is 1. The number of piperidine rings is 1. The average molecular weight is 250 g/mol. The molecule has 4 unspecified atom stereocenters.